The standard InChI is InChI=1S/C23H29FN2O3/c1-16-11-20(17(2)29-16)22(27)26-10-8-23(15-26)7-4-9-25(14-23)13-18-12-19(28-3)5-6-21(18)24/h5-6,11-12H,4,7-10,13-15H2,1-3H3/t23-/m1/s1. The molecular formula is C23H29FN2O3. The van der Waals surface area contributed by atoms with Crippen LogP contribution in [0.2, 0.25) is 0 Å². The van der Waals surface area contributed by atoms with Crippen molar-refractivity contribution in [2.75, 3.05) is 33.3 Å². The largest absolute Gasteiger partial charge is 0.497 e. The highest BCUT2D eigenvalue weighted by atomic mass is 19.1. The number of hydrogen-bond donors (Lipinski definition) is 0. The van der Waals surface area contributed by atoms with Crippen LogP contribution < -0.4 is 4.74 Å². The predicted octanol–water partition coefficient (Wildman–Crippen LogP) is 4.17. The van der Waals surface area contributed by atoms with Gasteiger partial charge in [0.25, 0.3) is 5.91 Å². The highest BCUT2D eigenvalue weighted by Gasteiger charge is 2.43. The van der Waals surface area contributed by atoms with E-state index < -0.39 is 0 Å². The van der Waals surface area contributed by atoms with Crippen LogP contribution in [0.5, 0.6) is 5.75 Å². The first-order valence-corrected chi connectivity index (χ1v) is 10.3. The van der Waals surface area contributed by atoms with Crippen molar-refractivity contribution in [1.82, 2.24) is 9.80 Å². The van der Waals surface area contributed by atoms with Gasteiger partial charge in [0, 0.05) is 37.2 Å². The summed E-state index contributed by atoms with van der Waals surface area (Å²) in [5, 5.41) is 0. The minimum Gasteiger partial charge on any atom is -0.497 e. The van der Waals surface area contributed by atoms with E-state index in [0.29, 0.717) is 29.2 Å². The molecule has 2 aliphatic heterocycles. The molecule has 1 aromatic carbocycles. The van der Waals surface area contributed by atoms with Gasteiger partial charge in [-0.15, -0.1) is 0 Å². The van der Waals surface area contributed by atoms with Gasteiger partial charge in [-0.25, -0.2) is 4.39 Å². The average molecular weight is 400 g/mol. The summed E-state index contributed by atoms with van der Waals surface area (Å²) >= 11 is 0. The minimum absolute atomic E-state index is 0.0622. The number of carbonyl (C=O) groups is 1. The second kappa shape index (κ2) is 7.82. The molecule has 6 heteroatoms. The summed E-state index contributed by atoms with van der Waals surface area (Å²) < 4.78 is 25.1. The quantitative estimate of drug-likeness (QED) is 0.773. The summed E-state index contributed by atoms with van der Waals surface area (Å²) in [5.41, 5.74) is 1.43. The fourth-order valence-corrected chi connectivity index (χ4v) is 4.94. The average Bonchev–Trinajstić information content (AvgIpc) is 3.26. The molecule has 0 N–H and O–H groups in total. The molecule has 0 unspecified atom stereocenters. The van der Waals surface area contributed by atoms with Crippen LogP contribution >= 0.6 is 0 Å². The molecule has 0 aliphatic carbocycles. The van der Waals surface area contributed by atoms with Crippen molar-refractivity contribution in [3.63, 3.8) is 0 Å². The Balaban J connectivity index is 1.44. The van der Waals surface area contributed by atoms with Crippen LogP contribution in [0.3, 0.4) is 0 Å². The van der Waals surface area contributed by atoms with Crippen LogP contribution in [0.4, 0.5) is 4.39 Å². The van der Waals surface area contributed by atoms with E-state index in [9.17, 15) is 9.18 Å². The zero-order chi connectivity index (χ0) is 20.6. The normalized spacial score (nSPS) is 22.4. The molecule has 2 saturated heterocycles. The lowest BCUT2D eigenvalue weighted by atomic mass is 9.79. The highest BCUT2D eigenvalue weighted by molar-refractivity contribution is 5.95. The summed E-state index contributed by atoms with van der Waals surface area (Å²) in [5.74, 6) is 2.00. The van der Waals surface area contributed by atoms with Crippen LogP contribution in [0.1, 0.15) is 46.7 Å². The maximum Gasteiger partial charge on any atom is 0.257 e. The lowest BCUT2D eigenvalue weighted by Crippen LogP contribution is -2.45. The topological polar surface area (TPSA) is 45.9 Å². The molecule has 2 aromatic rings. The van der Waals surface area contributed by atoms with Gasteiger partial charge >= 0.3 is 0 Å². The number of hydrogen-bond acceptors (Lipinski definition) is 4. The molecule has 2 aliphatic rings. The zero-order valence-electron chi connectivity index (χ0n) is 17.5. The van der Waals surface area contributed by atoms with Crippen molar-refractivity contribution < 1.29 is 18.3 Å². The molecule has 3 heterocycles. The molecule has 0 bridgehead atoms. The van der Waals surface area contributed by atoms with Crippen molar-refractivity contribution in [2.45, 2.75) is 39.7 Å². The van der Waals surface area contributed by atoms with E-state index in [0.717, 1.165) is 51.2 Å². The Bertz CT molecular complexity index is 910. The summed E-state index contributed by atoms with van der Waals surface area (Å²) in [6, 6.07) is 6.74. The van der Waals surface area contributed by atoms with E-state index >= 15 is 0 Å². The van der Waals surface area contributed by atoms with Gasteiger partial charge in [0.1, 0.15) is 23.1 Å². The molecule has 1 spiro atoms. The van der Waals surface area contributed by atoms with E-state index in [4.69, 9.17) is 9.15 Å². The van der Waals surface area contributed by atoms with Crippen molar-refractivity contribution in [1.29, 1.82) is 0 Å². The Morgan fingerprint density at radius 1 is 1.21 bits per heavy atom. The van der Waals surface area contributed by atoms with Gasteiger partial charge in [-0.1, -0.05) is 0 Å². The van der Waals surface area contributed by atoms with E-state index in [1.54, 1.807) is 19.2 Å². The number of methoxy groups -OCH3 is 1. The molecule has 1 atom stereocenters. The molecule has 1 amide bonds. The third-order valence-electron chi connectivity index (χ3n) is 6.38. The molecule has 1 aromatic heterocycles. The van der Waals surface area contributed by atoms with Crippen LogP contribution in [0.25, 0.3) is 0 Å². The fourth-order valence-electron chi connectivity index (χ4n) is 4.94. The van der Waals surface area contributed by atoms with E-state index in [2.05, 4.69) is 4.90 Å². The van der Waals surface area contributed by atoms with Crippen LogP contribution in [0.15, 0.2) is 28.7 Å². The summed E-state index contributed by atoms with van der Waals surface area (Å²) in [6.45, 7) is 7.64. The van der Waals surface area contributed by atoms with Crippen LogP contribution in [0, 0.1) is 25.1 Å². The van der Waals surface area contributed by atoms with Crippen LogP contribution in [-0.2, 0) is 6.54 Å². The maximum atomic E-state index is 14.3. The van der Waals surface area contributed by atoms with Gasteiger partial charge in [0.15, 0.2) is 0 Å². The van der Waals surface area contributed by atoms with Gasteiger partial charge < -0.3 is 14.1 Å². The lowest BCUT2D eigenvalue weighted by Gasteiger charge is -2.40. The van der Waals surface area contributed by atoms with E-state index in [1.807, 2.05) is 24.8 Å². The third kappa shape index (κ3) is 4.04. The Morgan fingerprint density at radius 3 is 2.76 bits per heavy atom. The van der Waals surface area contributed by atoms with Crippen LogP contribution in [-0.4, -0.2) is 49.0 Å². The highest BCUT2D eigenvalue weighted by Crippen LogP contribution is 2.40. The first-order valence-electron chi connectivity index (χ1n) is 10.3. The van der Waals surface area contributed by atoms with E-state index in [1.165, 1.54) is 6.07 Å². The first-order chi connectivity index (χ1) is 13.9. The van der Waals surface area contributed by atoms with Gasteiger partial charge in [-0.05, 0) is 63.9 Å². The lowest BCUT2D eigenvalue weighted by molar-refractivity contribution is 0.0672. The number of furan rings is 1. The fraction of sp³-hybridized carbons (Fsp3) is 0.522. The number of piperidine rings is 1. The third-order valence-corrected chi connectivity index (χ3v) is 6.38. The van der Waals surface area contributed by atoms with Gasteiger partial charge in [0.2, 0.25) is 0 Å². The Labute approximate surface area is 171 Å². The second-order valence-electron chi connectivity index (χ2n) is 8.58. The Kier molecular flexibility index (Phi) is 5.38. The SMILES string of the molecule is COc1ccc(F)c(CN2CCC[C@@]3(CCN(C(=O)c4cc(C)oc4C)C3)C2)c1. The second-order valence-corrected chi connectivity index (χ2v) is 8.58. The molecule has 4 rings (SSSR count). The number of halogens is 1. The Morgan fingerprint density at radius 2 is 2.03 bits per heavy atom. The number of carbonyl (C=O) groups excluding carboxylic acids is 1. The van der Waals surface area contributed by atoms with Crippen molar-refractivity contribution in [3.05, 3.63) is 52.7 Å². The summed E-state index contributed by atoms with van der Waals surface area (Å²) in [7, 11) is 1.60. The van der Waals surface area contributed by atoms with Crippen molar-refractivity contribution in [3.8, 4) is 5.75 Å². The number of benzene rings is 1. The molecule has 5 nitrogen and oxygen atoms in total. The zero-order valence-corrected chi connectivity index (χ0v) is 17.5. The van der Waals surface area contributed by atoms with E-state index in [-0.39, 0.29) is 17.1 Å². The van der Waals surface area contributed by atoms with Gasteiger partial charge in [0.05, 0.1) is 12.7 Å². The molecule has 29 heavy (non-hydrogen) atoms. The molecule has 0 radical (unpaired) electrons. The number of amides is 1. The number of nitrogens with zero attached hydrogens (tertiary/aromatic N) is 2. The number of likely N-dealkylation sites (tertiary alicyclic amines) is 2. The molecule has 0 saturated carbocycles. The molecule has 156 valence electrons. The van der Waals surface area contributed by atoms with Gasteiger partial charge in [-0.3, -0.25) is 9.69 Å². The summed E-state index contributed by atoms with van der Waals surface area (Å²) in [6.07, 6.45) is 3.17. The number of aryl methyl sites for hydroxylation is 2. The maximum absolute atomic E-state index is 14.3. The summed E-state index contributed by atoms with van der Waals surface area (Å²) in [4.78, 5) is 17.3. The van der Waals surface area contributed by atoms with Crippen molar-refractivity contribution >= 4 is 5.91 Å². The smallest absolute Gasteiger partial charge is 0.257 e. The number of rotatable bonds is 4. The minimum atomic E-state index is -0.195. The van der Waals surface area contributed by atoms with Crippen molar-refractivity contribution in [2.24, 2.45) is 5.41 Å². The number of ether oxygens (including phenoxy) is 1. The predicted molar refractivity (Wildman–Crippen MR) is 109 cm³/mol. The molecule has 2 fully saturated rings. The monoisotopic (exact) mass is 400 g/mol. The van der Waals surface area contributed by atoms with Gasteiger partial charge in [-0.2, -0.15) is 0 Å². The first kappa shape index (κ1) is 20.0. The molecular weight excluding hydrogens is 371 g/mol. The Hall–Kier alpha value is -2.34.